The molecule has 1 N–H and O–H groups in total. The van der Waals surface area contributed by atoms with Crippen LogP contribution in [0, 0.1) is 0 Å². The Hall–Kier alpha value is -2.03. The number of hydrogen-bond donors (Lipinski definition) is 1. The molecule has 3 heteroatoms. The van der Waals surface area contributed by atoms with Crippen LogP contribution in [0.4, 0.5) is 0 Å². The number of allylic oxidation sites excluding steroid dienone is 3. The number of aromatic hydroxyl groups is 1. The van der Waals surface area contributed by atoms with Crippen molar-refractivity contribution in [3.05, 3.63) is 53.4 Å². The van der Waals surface area contributed by atoms with Crippen LogP contribution >= 0.6 is 0 Å². The summed E-state index contributed by atoms with van der Waals surface area (Å²) in [5.74, 6) is 1.03. The van der Waals surface area contributed by atoms with Crippen LogP contribution in [0.5, 0.6) is 5.75 Å². The van der Waals surface area contributed by atoms with Gasteiger partial charge in [0.25, 0.3) is 0 Å². The Balaban J connectivity index is 2.23. The average molecular weight is 229 g/mol. The molecule has 0 saturated heterocycles. The zero-order valence-corrected chi connectivity index (χ0v) is 9.76. The third-order valence-electron chi connectivity index (χ3n) is 2.62. The lowest BCUT2D eigenvalue weighted by atomic mass is 10.1. The van der Waals surface area contributed by atoms with E-state index in [0.29, 0.717) is 5.56 Å². The van der Waals surface area contributed by atoms with Gasteiger partial charge in [0.15, 0.2) is 0 Å². The number of methoxy groups -OCH3 is 1. The molecule has 2 rings (SSSR count). The smallest absolute Gasteiger partial charge is 0.139 e. The van der Waals surface area contributed by atoms with Crippen molar-refractivity contribution in [3.8, 4) is 5.75 Å². The molecular weight excluding hydrogens is 214 g/mol. The third-order valence-corrected chi connectivity index (χ3v) is 2.62. The van der Waals surface area contributed by atoms with Crippen molar-refractivity contribution >= 4 is 6.21 Å². The lowest BCUT2D eigenvalue weighted by Crippen LogP contribution is -1.95. The van der Waals surface area contributed by atoms with Crippen LogP contribution in [0.2, 0.25) is 0 Å². The van der Waals surface area contributed by atoms with Crippen LogP contribution in [0.25, 0.3) is 0 Å². The molecule has 0 unspecified atom stereocenters. The molecule has 1 aromatic carbocycles. The number of aliphatic imine (C=N–C) groups is 1. The molecule has 0 aliphatic heterocycles. The van der Waals surface area contributed by atoms with Crippen molar-refractivity contribution in [1.29, 1.82) is 0 Å². The van der Waals surface area contributed by atoms with E-state index in [2.05, 4.69) is 11.1 Å². The van der Waals surface area contributed by atoms with Crippen LogP contribution in [0.1, 0.15) is 18.4 Å². The molecule has 17 heavy (non-hydrogen) atoms. The molecule has 1 aliphatic rings. The van der Waals surface area contributed by atoms with Gasteiger partial charge in [-0.25, -0.2) is 0 Å². The maximum absolute atomic E-state index is 9.61. The number of rotatable bonds is 3. The number of phenols is 1. The van der Waals surface area contributed by atoms with E-state index < -0.39 is 0 Å². The van der Waals surface area contributed by atoms with E-state index in [-0.39, 0.29) is 5.75 Å². The summed E-state index contributed by atoms with van der Waals surface area (Å²) in [7, 11) is 1.64. The van der Waals surface area contributed by atoms with E-state index in [1.54, 1.807) is 25.5 Å². The van der Waals surface area contributed by atoms with E-state index in [1.165, 1.54) is 0 Å². The van der Waals surface area contributed by atoms with Crippen molar-refractivity contribution in [2.24, 2.45) is 4.99 Å². The van der Waals surface area contributed by atoms with Gasteiger partial charge in [-0.1, -0.05) is 18.2 Å². The van der Waals surface area contributed by atoms with E-state index in [0.717, 1.165) is 24.3 Å². The van der Waals surface area contributed by atoms with Gasteiger partial charge in [-0.15, -0.1) is 0 Å². The molecule has 0 bridgehead atoms. The molecule has 1 aliphatic carbocycles. The highest BCUT2D eigenvalue weighted by Crippen LogP contribution is 2.21. The minimum atomic E-state index is 0.238. The first-order valence-corrected chi connectivity index (χ1v) is 5.57. The molecular formula is C14H15NO2. The van der Waals surface area contributed by atoms with Gasteiger partial charge in [0.05, 0.1) is 12.8 Å². The molecule has 88 valence electrons. The standard InChI is InChI=1S/C14H15NO2/c1-17-14-9-5-3-7-12(14)15-10-11-6-2-4-8-13(11)16/h2,4-6,8-10,16H,3,7H2,1H3. The predicted molar refractivity (Wildman–Crippen MR) is 68.1 cm³/mol. The zero-order valence-electron chi connectivity index (χ0n) is 9.76. The molecule has 0 radical (unpaired) electrons. The summed E-state index contributed by atoms with van der Waals surface area (Å²) in [6.07, 6.45) is 7.51. The zero-order chi connectivity index (χ0) is 12.1. The fourth-order valence-corrected chi connectivity index (χ4v) is 1.69. The van der Waals surface area contributed by atoms with Crippen LogP contribution in [0.15, 0.2) is 52.9 Å². The second-order valence-electron chi connectivity index (χ2n) is 3.77. The second-order valence-corrected chi connectivity index (χ2v) is 3.77. The predicted octanol–water partition coefficient (Wildman–Crippen LogP) is 3.02. The Morgan fingerprint density at radius 3 is 2.94 bits per heavy atom. The summed E-state index contributed by atoms with van der Waals surface area (Å²) in [5, 5.41) is 9.61. The lowest BCUT2D eigenvalue weighted by molar-refractivity contribution is 0.298. The van der Waals surface area contributed by atoms with E-state index >= 15 is 0 Å². The van der Waals surface area contributed by atoms with Crippen LogP contribution in [-0.4, -0.2) is 18.4 Å². The number of benzene rings is 1. The van der Waals surface area contributed by atoms with Crippen LogP contribution in [0.3, 0.4) is 0 Å². The first-order chi connectivity index (χ1) is 8.31. The third kappa shape index (κ3) is 2.75. The SMILES string of the molecule is COC1=C(N=Cc2ccccc2O)CCC=C1. The highest BCUT2D eigenvalue weighted by atomic mass is 16.5. The fraction of sp³-hybridized carbons (Fsp3) is 0.214. The van der Waals surface area contributed by atoms with Crippen molar-refractivity contribution in [2.75, 3.05) is 7.11 Å². The number of ether oxygens (including phenoxy) is 1. The minimum Gasteiger partial charge on any atom is -0.507 e. The summed E-state index contributed by atoms with van der Waals surface area (Å²) in [5.41, 5.74) is 1.63. The van der Waals surface area contributed by atoms with E-state index in [9.17, 15) is 5.11 Å². The normalized spacial score (nSPS) is 15.6. The summed E-state index contributed by atoms with van der Waals surface area (Å²) in [4.78, 5) is 4.38. The van der Waals surface area contributed by atoms with Gasteiger partial charge in [-0.3, -0.25) is 4.99 Å². The second kappa shape index (κ2) is 5.34. The molecule has 0 aromatic heterocycles. The summed E-state index contributed by atoms with van der Waals surface area (Å²) in [6, 6.07) is 7.13. The van der Waals surface area contributed by atoms with E-state index in [4.69, 9.17) is 4.74 Å². The summed E-state index contributed by atoms with van der Waals surface area (Å²) < 4.78 is 5.24. The van der Waals surface area contributed by atoms with Gasteiger partial charge in [0, 0.05) is 11.8 Å². The number of para-hydroxylation sites is 1. The number of hydrogen-bond acceptors (Lipinski definition) is 3. The molecule has 0 saturated carbocycles. The van der Waals surface area contributed by atoms with Crippen molar-refractivity contribution < 1.29 is 9.84 Å². The quantitative estimate of drug-likeness (QED) is 0.809. The van der Waals surface area contributed by atoms with Crippen molar-refractivity contribution in [2.45, 2.75) is 12.8 Å². The first-order valence-electron chi connectivity index (χ1n) is 5.57. The molecule has 3 nitrogen and oxygen atoms in total. The van der Waals surface area contributed by atoms with Crippen LogP contribution in [-0.2, 0) is 4.74 Å². The van der Waals surface area contributed by atoms with Gasteiger partial charge in [-0.2, -0.15) is 0 Å². The number of nitrogens with zero attached hydrogens (tertiary/aromatic N) is 1. The fourth-order valence-electron chi connectivity index (χ4n) is 1.69. The van der Waals surface area contributed by atoms with E-state index in [1.807, 2.05) is 18.2 Å². The molecule has 0 amide bonds. The Morgan fingerprint density at radius 1 is 1.35 bits per heavy atom. The first kappa shape index (κ1) is 11.5. The molecule has 0 spiro atoms. The van der Waals surface area contributed by atoms with Crippen LogP contribution < -0.4 is 0 Å². The number of phenolic OH excluding ortho intramolecular Hbond substituents is 1. The van der Waals surface area contributed by atoms with Gasteiger partial charge in [0.2, 0.25) is 0 Å². The maximum atomic E-state index is 9.61. The molecule has 0 atom stereocenters. The highest BCUT2D eigenvalue weighted by Gasteiger charge is 2.07. The monoisotopic (exact) mass is 229 g/mol. The minimum absolute atomic E-state index is 0.238. The largest absolute Gasteiger partial charge is 0.507 e. The Kier molecular flexibility index (Phi) is 3.60. The molecule has 0 fully saturated rings. The Bertz CT molecular complexity index is 487. The van der Waals surface area contributed by atoms with Gasteiger partial charge in [0.1, 0.15) is 11.5 Å². The Labute approximate surface area is 101 Å². The lowest BCUT2D eigenvalue weighted by Gasteiger charge is -2.10. The van der Waals surface area contributed by atoms with Gasteiger partial charge in [-0.05, 0) is 31.1 Å². The van der Waals surface area contributed by atoms with Gasteiger partial charge >= 0.3 is 0 Å². The molecule has 0 heterocycles. The highest BCUT2D eigenvalue weighted by molar-refractivity contribution is 5.84. The van der Waals surface area contributed by atoms with Crippen molar-refractivity contribution in [1.82, 2.24) is 0 Å². The summed E-state index contributed by atoms with van der Waals surface area (Å²) >= 11 is 0. The average Bonchev–Trinajstić information content (AvgIpc) is 2.38. The Morgan fingerprint density at radius 2 is 2.18 bits per heavy atom. The maximum Gasteiger partial charge on any atom is 0.139 e. The summed E-state index contributed by atoms with van der Waals surface area (Å²) in [6.45, 7) is 0. The van der Waals surface area contributed by atoms with Gasteiger partial charge < -0.3 is 9.84 Å². The topological polar surface area (TPSA) is 41.8 Å². The molecule has 1 aromatic rings. The van der Waals surface area contributed by atoms with Crippen molar-refractivity contribution in [3.63, 3.8) is 0 Å².